The predicted molar refractivity (Wildman–Crippen MR) is 16.3 cm³/mol. The fourth-order valence-corrected chi connectivity index (χ4v) is 0. The Hall–Kier alpha value is 1.73. The minimum Gasteiger partial charge on any atom is -1.00 e. The van der Waals surface area contributed by atoms with E-state index in [9.17, 15) is 0 Å². The van der Waals surface area contributed by atoms with Gasteiger partial charge in [-0.05, 0) is 0 Å². The molecule has 0 heterocycles. The number of rotatable bonds is 0. The first-order valence-corrected chi connectivity index (χ1v) is 0.996. The van der Waals surface area contributed by atoms with E-state index in [1.165, 1.54) is 0 Å². The van der Waals surface area contributed by atoms with Crippen LogP contribution in [-0.4, -0.2) is 29.7 Å². The van der Waals surface area contributed by atoms with Gasteiger partial charge in [0.15, 0.2) is 0 Å². The molecule has 6 heavy (non-hydrogen) atoms. The minimum atomic E-state index is 0. The van der Waals surface area contributed by atoms with Crippen molar-refractivity contribution in [2.45, 2.75) is 6.92 Å². The third-order valence-corrected chi connectivity index (χ3v) is 0. The molecule has 0 radical (unpaired) electrons. The summed E-state index contributed by atoms with van der Waals surface area (Å²) in [7, 11) is 0. The van der Waals surface area contributed by atoms with Gasteiger partial charge in [-0.25, -0.2) is 0 Å². The average Bonchev–Trinajstić information content (AvgIpc) is 0.918. The van der Waals surface area contributed by atoms with E-state index in [1.54, 1.807) is 6.92 Å². The third kappa shape index (κ3) is 42.8. The number of hydrogen-bond acceptors (Lipinski definition) is 1. The standard InChI is InChI=1S/C2H5O.ClH.Mg.Ti/c1-2-3;;;/h2H2,1H3;1H;;/q-1;;+2;+4/p-1. The molecule has 1 nitrogen and oxygen atoms in total. The SMILES string of the molecule is CC[O-].[Cl-].[Mg+2].[Ti+4]. The second-order valence-electron chi connectivity index (χ2n) is 0.289. The van der Waals surface area contributed by atoms with E-state index in [1.807, 2.05) is 0 Å². The molecule has 0 aliphatic rings. The second kappa shape index (κ2) is 29.6. The summed E-state index contributed by atoms with van der Waals surface area (Å²) in [5.74, 6) is 0. The zero-order chi connectivity index (χ0) is 2.71. The third-order valence-electron chi connectivity index (χ3n) is 0. The fraction of sp³-hybridized carbons (Fsp3) is 1.00. The average molecular weight is 153 g/mol. The first-order chi connectivity index (χ1) is 1.41. The van der Waals surface area contributed by atoms with Gasteiger partial charge in [-0.3, -0.25) is 0 Å². The summed E-state index contributed by atoms with van der Waals surface area (Å²) in [6.45, 7) is 1.57. The quantitative estimate of drug-likeness (QED) is 0.325. The van der Waals surface area contributed by atoms with Gasteiger partial charge in [0.25, 0.3) is 0 Å². The maximum Gasteiger partial charge on any atom is 4.00 e. The van der Waals surface area contributed by atoms with E-state index in [0.717, 1.165) is 0 Å². The van der Waals surface area contributed by atoms with E-state index in [0.29, 0.717) is 0 Å². The van der Waals surface area contributed by atoms with Crippen LogP contribution in [0.2, 0.25) is 0 Å². The maximum absolute atomic E-state index is 8.93. The summed E-state index contributed by atoms with van der Waals surface area (Å²) in [5, 5.41) is 8.93. The van der Waals surface area contributed by atoms with Crippen LogP contribution in [-0.2, 0) is 21.7 Å². The van der Waals surface area contributed by atoms with Crippen LogP contribution in [0.15, 0.2) is 0 Å². The van der Waals surface area contributed by atoms with Gasteiger partial charge in [-0.15, -0.1) is 6.61 Å². The molecule has 0 bridgehead atoms. The van der Waals surface area contributed by atoms with Crippen LogP contribution in [0, 0.1) is 0 Å². The molecular formula is C2H5ClMgOTi+4. The van der Waals surface area contributed by atoms with E-state index in [2.05, 4.69) is 0 Å². The molecule has 0 amide bonds. The molecule has 0 aliphatic carbocycles. The number of hydrogen-bond donors (Lipinski definition) is 0. The molecule has 0 saturated heterocycles. The molecule has 0 unspecified atom stereocenters. The summed E-state index contributed by atoms with van der Waals surface area (Å²) in [6.07, 6.45) is 0. The molecule has 4 heteroatoms. The topological polar surface area (TPSA) is 23.1 Å². The van der Waals surface area contributed by atoms with Crippen LogP contribution in [0.5, 0.6) is 0 Å². The van der Waals surface area contributed by atoms with Crippen molar-refractivity contribution in [2.75, 3.05) is 6.61 Å². The van der Waals surface area contributed by atoms with Crippen LogP contribution in [0.4, 0.5) is 0 Å². The van der Waals surface area contributed by atoms with Crippen LogP contribution in [0.1, 0.15) is 6.92 Å². The molecule has 0 aromatic rings. The van der Waals surface area contributed by atoms with Crippen LogP contribution < -0.4 is 17.5 Å². The van der Waals surface area contributed by atoms with Crippen molar-refractivity contribution in [2.24, 2.45) is 0 Å². The first kappa shape index (κ1) is 25.2. The van der Waals surface area contributed by atoms with Gasteiger partial charge in [0.05, 0.1) is 0 Å². The van der Waals surface area contributed by atoms with E-state index >= 15 is 0 Å². The minimum absolute atomic E-state index is 0. The molecule has 28 valence electrons. The summed E-state index contributed by atoms with van der Waals surface area (Å²) in [5.41, 5.74) is 0. The van der Waals surface area contributed by atoms with Gasteiger partial charge < -0.3 is 17.5 Å². The Labute approximate surface area is 75.3 Å². The number of halogens is 1. The van der Waals surface area contributed by atoms with Crippen molar-refractivity contribution >= 4 is 23.1 Å². The zero-order valence-electron chi connectivity index (χ0n) is 3.70. The molecule has 0 rings (SSSR count). The zero-order valence-corrected chi connectivity index (χ0v) is 7.43. The molecule has 0 spiro atoms. The van der Waals surface area contributed by atoms with Crippen molar-refractivity contribution in [1.29, 1.82) is 0 Å². The summed E-state index contributed by atoms with van der Waals surface area (Å²) >= 11 is 0. The van der Waals surface area contributed by atoms with Crippen LogP contribution in [0.25, 0.3) is 0 Å². The van der Waals surface area contributed by atoms with Crippen molar-refractivity contribution < 1.29 is 39.2 Å². The largest absolute Gasteiger partial charge is 4.00 e. The van der Waals surface area contributed by atoms with Gasteiger partial charge >= 0.3 is 44.8 Å². The first-order valence-electron chi connectivity index (χ1n) is 0.996. The van der Waals surface area contributed by atoms with Crippen molar-refractivity contribution in [1.82, 2.24) is 0 Å². The van der Waals surface area contributed by atoms with Crippen molar-refractivity contribution in [3.8, 4) is 0 Å². The molecule has 0 aliphatic heterocycles. The molecule has 0 aromatic heterocycles. The molecule has 0 fully saturated rings. The van der Waals surface area contributed by atoms with Crippen molar-refractivity contribution in [3.05, 3.63) is 0 Å². The summed E-state index contributed by atoms with van der Waals surface area (Å²) in [4.78, 5) is 0. The molecular weight excluding hydrogens is 148 g/mol. The second-order valence-corrected chi connectivity index (χ2v) is 0.289. The van der Waals surface area contributed by atoms with E-state index in [-0.39, 0.29) is 63.8 Å². The normalized spacial score (nSPS) is 3.00. The Morgan fingerprint density at radius 2 is 1.50 bits per heavy atom. The molecule has 0 aromatic carbocycles. The van der Waals surface area contributed by atoms with Gasteiger partial charge in [0, 0.05) is 0 Å². The van der Waals surface area contributed by atoms with Gasteiger partial charge in [0.2, 0.25) is 0 Å². The van der Waals surface area contributed by atoms with Gasteiger partial charge in [0.1, 0.15) is 0 Å². The monoisotopic (exact) mass is 152 g/mol. The Morgan fingerprint density at radius 1 is 1.50 bits per heavy atom. The van der Waals surface area contributed by atoms with Crippen molar-refractivity contribution in [3.63, 3.8) is 0 Å². The smallest absolute Gasteiger partial charge is 1.00 e. The Kier molecular flexibility index (Phi) is 124. The van der Waals surface area contributed by atoms with E-state index < -0.39 is 0 Å². The Bertz CT molecular complexity index is 13.5. The predicted octanol–water partition coefficient (Wildman–Crippen LogP) is -4.01. The Morgan fingerprint density at radius 3 is 1.50 bits per heavy atom. The fourth-order valence-electron chi connectivity index (χ4n) is 0. The summed E-state index contributed by atoms with van der Waals surface area (Å²) < 4.78 is 0. The maximum atomic E-state index is 8.93. The van der Waals surface area contributed by atoms with E-state index in [4.69, 9.17) is 5.11 Å². The summed E-state index contributed by atoms with van der Waals surface area (Å²) in [6, 6.07) is 0. The van der Waals surface area contributed by atoms with Gasteiger partial charge in [-0.2, -0.15) is 0 Å². The van der Waals surface area contributed by atoms with Crippen LogP contribution >= 0.6 is 0 Å². The molecule has 0 N–H and O–H groups in total. The van der Waals surface area contributed by atoms with Gasteiger partial charge in [-0.1, -0.05) is 6.92 Å². The van der Waals surface area contributed by atoms with Crippen LogP contribution in [0.3, 0.4) is 0 Å². The molecule has 0 atom stereocenters. The Balaban J connectivity index is -0.00000000667. The molecule has 0 saturated carbocycles.